The number of methoxy groups -OCH3 is 1. The molecule has 1 aliphatic rings. The Morgan fingerprint density at radius 2 is 1.75 bits per heavy atom. The lowest BCUT2D eigenvalue weighted by atomic mass is 10.1. The predicted octanol–water partition coefficient (Wildman–Crippen LogP) is 2.88. The van der Waals surface area contributed by atoms with Crippen molar-refractivity contribution in [1.29, 1.82) is 0 Å². The Bertz CT molecular complexity index is 877. The number of ether oxygens (including phenoxy) is 3. The van der Waals surface area contributed by atoms with E-state index in [1.165, 1.54) is 19.2 Å². The van der Waals surface area contributed by atoms with Crippen LogP contribution in [-0.2, 0) is 10.0 Å². The third-order valence-electron chi connectivity index (χ3n) is 3.72. The van der Waals surface area contributed by atoms with Crippen molar-refractivity contribution in [2.45, 2.75) is 18.7 Å². The maximum Gasteiger partial charge on any atom is 0.262 e. The summed E-state index contributed by atoms with van der Waals surface area (Å²) in [7, 11) is -2.27. The van der Waals surface area contributed by atoms with Gasteiger partial charge in [0.05, 0.1) is 17.7 Å². The molecule has 2 aromatic rings. The van der Waals surface area contributed by atoms with Gasteiger partial charge in [0.15, 0.2) is 11.5 Å². The van der Waals surface area contributed by atoms with Crippen molar-refractivity contribution in [3.05, 3.63) is 41.5 Å². The smallest absolute Gasteiger partial charge is 0.262 e. The summed E-state index contributed by atoms with van der Waals surface area (Å²) in [4.78, 5) is 0.105. The lowest BCUT2D eigenvalue weighted by molar-refractivity contribution is 0.171. The van der Waals surface area contributed by atoms with Crippen molar-refractivity contribution in [1.82, 2.24) is 0 Å². The number of hydrogen-bond donors (Lipinski definition) is 1. The molecule has 24 heavy (non-hydrogen) atoms. The van der Waals surface area contributed by atoms with Gasteiger partial charge in [0.25, 0.3) is 10.0 Å². The van der Waals surface area contributed by atoms with Gasteiger partial charge in [-0.15, -0.1) is 0 Å². The van der Waals surface area contributed by atoms with E-state index >= 15 is 0 Å². The average Bonchev–Trinajstić information content (AvgIpc) is 2.56. The molecule has 1 heterocycles. The molecule has 1 aliphatic heterocycles. The number of fused-ring (bicyclic) bond motifs is 1. The van der Waals surface area contributed by atoms with Gasteiger partial charge < -0.3 is 14.2 Å². The van der Waals surface area contributed by atoms with Gasteiger partial charge in [0.1, 0.15) is 19.0 Å². The van der Waals surface area contributed by atoms with Crippen LogP contribution < -0.4 is 18.9 Å². The third-order valence-corrected chi connectivity index (χ3v) is 5.07. The standard InChI is InChI=1S/C17H19NO5S/c1-11-8-12(2)17(16(9-11)21-3)18-24(19,20)13-4-5-14-15(10-13)23-7-6-22-14/h4-5,8-10,18H,6-7H2,1-3H3. The average molecular weight is 349 g/mol. The first kappa shape index (κ1) is 16.4. The van der Waals surface area contributed by atoms with Crippen molar-refractivity contribution in [2.75, 3.05) is 25.0 Å². The van der Waals surface area contributed by atoms with E-state index < -0.39 is 10.0 Å². The SMILES string of the molecule is COc1cc(C)cc(C)c1NS(=O)(=O)c1ccc2c(c1)OCCO2. The minimum Gasteiger partial charge on any atom is -0.495 e. The predicted molar refractivity (Wildman–Crippen MR) is 90.7 cm³/mol. The molecule has 0 radical (unpaired) electrons. The highest BCUT2D eigenvalue weighted by Gasteiger charge is 2.21. The van der Waals surface area contributed by atoms with E-state index in [0.717, 1.165) is 11.1 Å². The van der Waals surface area contributed by atoms with Crippen LogP contribution in [0.4, 0.5) is 5.69 Å². The molecule has 0 aliphatic carbocycles. The van der Waals surface area contributed by atoms with Crippen LogP contribution in [0.25, 0.3) is 0 Å². The summed E-state index contributed by atoms with van der Waals surface area (Å²) in [6.07, 6.45) is 0. The maximum absolute atomic E-state index is 12.7. The Labute approximate surface area is 141 Å². The molecule has 0 aromatic heterocycles. The first-order valence-corrected chi connectivity index (χ1v) is 8.97. The van der Waals surface area contributed by atoms with Crippen LogP contribution in [0.15, 0.2) is 35.2 Å². The number of rotatable bonds is 4. The zero-order valence-electron chi connectivity index (χ0n) is 13.8. The molecular weight excluding hydrogens is 330 g/mol. The van der Waals surface area contributed by atoms with Crippen molar-refractivity contribution in [2.24, 2.45) is 0 Å². The molecule has 0 spiro atoms. The van der Waals surface area contributed by atoms with Crippen LogP contribution in [0.2, 0.25) is 0 Å². The van der Waals surface area contributed by atoms with Gasteiger partial charge >= 0.3 is 0 Å². The van der Waals surface area contributed by atoms with E-state index in [1.807, 2.05) is 19.9 Å². The summed E-state index contributed by atoms with van der Waals surface area (Å²) in [5.74, 6) is 1.45. The molecule has 0 fully saturated rings. The summed E-state index contributed by atoms with van der Waals surface area (Å²) < 4.78 is 44.2. The van der Waals surface area contributed by atoms with Crippen LogP contribution in [0.3, 0.4) is 0 Å². The second-order valence-electron chi connectivity index (χ2n) is 5.57. The highest BCUT2D eigenvalue weighted by atomic mass is 32.2. The molecule has 3 rings (SSSR count). The summed E-state index contributed by atoms with van der Waals surface area (Å²) >= 11 is 0. The fraction of sp³-hybridized carbons (Fsp3) is 0.294. The number of hydrogen-bond acceptors (Lipinski definition) is 5. The van der Waals surface area contributed by atoms with Crippen molar-refractivity contribution in [3.8, 4) is 17.2 Å². The highest BCUT2D eigenvalue weighted by Crippen LogP contribution is 2.35. The van der Waals surface area contributed by atoms with Gasteiger partial charge in [-0.1, -0.05) is 6.07 Å². The monoisotopic (exact) mass is 349 g/mol. The minimum atomic E-state index is -3.78. The summed E-state index contributed by atoms with van der Waals surface area (Å²) in [6.45, 7) is 4.61. The fourth-order valence-corrected chi connectivity index (χ4v) is 3.76. The Hall–Kier alpha value is -2.41. The molecule has 7 heteroatoms. The van der Waals surface area contributed by atoms with Gasteiger partial charge in [0.2, 0.25) is 0 Å². The van der Waals surface area contributed by atoms with Crippen molar-refractivity contribution >= 4 is 15.7 Å². The topological polar surface area (TPSA) is 73.9 Å². The molecule has 0 amide bonds. The summed E-state index contributed by atoms with van der Waals surface area (Å²) in [5, 5.41) is 0. The van der Waals surface area contributed by atoms with Gasteiger partial charge in [0, 0.05) is 6.07 Å². The van der Waals surface area contributed by atoms with Crippen LogP contribution in [0, 0.1) is 13.8 Å². The first-order chi connectivity index (χ1) is 11.4. The van der Waals surface area contributed by atoms with Crippen LogP contribution >= 0.6 is 0 Å². The Morgan fingerprint density at radius 3 is 2.46 bits per heavy atom. The fourth-order valence-electron chi connectivity index (χ4n) is 2.60. The molecule has 128 valence electrons. The second kappa shape index (κ2) is 6.24. The molecule has 1 N–H and O–H groups in total. The Balaban J connectivity index is 1.98. The normalized spacial score (nSPS) is 13.5. The molecular formula is C17H19NO5S. The van der Waals surface area contributed by atoms with E-state index in [0.29, 0.717) is 36.1 Å². The largest absolute Gasteiger partial charge is 0.495 e. The van der Waals surface area contributed by atoms with E-state index in [2.05, 4.69) is 4.72 Å². The summed E-state index contributed by atoms with van der Waals surface area (Å²) in [5.41, 5.74) is 2.21. The molecule has 0 unspecified atom stereocenters. The number of aryl methyl sites for hydroxylation is 2. The second-order valence-corrected chi connectivity index (χ2v) is 7.25. The molecule has 0 bridgehead atoms. The van der Waals surface area contributed by atoms with Crippen LogP contribution in [0.5, 0.6) is 17.2 Å². The van der Waals surface area contributed by atoms with Gasteiger partial charge in [-0.3, -0.25) is 4.72 Å². The maximum atomic E-state index is 12.7. The zero-order valence-corrected chi connectivity index (χ0v) is 14.6. The quantitative estimate of drug-likeness (QED) is 0.919. The van der Waals surface area contributed by atoms with Crippen molar-refractivity contribution < 1.29 is 22.6 Å². The van der Waals surface area contributed by atoms with E-state index in [9.17, 15) is 8.42 Å². The number of benzene rings is 2. The lowest BCUT2D eigenvalue weighted by Gasteiger charge is -2.19. The first-order valence-electron chi connectivity index (χ1n) is 7.48. The Kier molecular flexibility index (Phi) is 4.28. The molecule has 0 saturated carbocycles. The van der Waals surface area contributed by atoms with E-state index in [4.69, 9.17) is 14.2 Å². The number of anilines is 1. The van der Waals surface area contributed by atoms with Gasteiger partial charge in [-0.2, -0.15) is 0 Å². The van der Waals surface area contributed by atoms with Gasteiger partial charge in [-0.05, 0) is 43.2 Å². The third kappa shape index (κ3) is 3.12. The molecule has 0 saturated heterocycles. The number of sulfonamides is 1. The highest BCUT2D eigenvalue weighted by molar-refractivity contribution is 7.92. The zero-order chi connectivity index (χ0) is 17.3. The van der Waals surface area contributed by atoms with E-state index in [-0.39, 0.29) is 4.90 Å². The Morgan fingerprint density at radius 1 is 1.04 bits per heavy atom. The molecule has 0 atom stereocenters. The van der Waals surface area contributed by atoms with Gasteiger partial charge in [-0.25, -0.2) is 8.42 Å². The minimum absolute atomic E-state index is 0.105. The lowest BCUT2D eigenvalue weighted by Crippen LogP contribution is -2.18. The van der Waals surface area contributed by atoms with Crippen LogP contribution in [-0.4, -0.2) is 28.7 Å². The van der Waals surface area contributed by atoms with Crippen molar-refractivity contribution in [3.63, 3.8) is 0 Å². The van der Waals surface area contributed by atoms with Crippen LogP contribution in [0.1, 0.15) is 11.1 Å². The summed E-state index contributed by atoms with van der Waals surface area (Å²) in [6, 6.07) is 8.24. The molecule has 2 aromatic carbocycles. The van der Waals surface area contributed by atoms with E-state index in [1.54, 1.807) is 12.1 Å². The number of nitrogens with one attached hydrogen (secondary N) is 1. The molecule has 6 nitrogen and oxygen atoms in total.